The first-order chi connectivity index (χ1) is 21.0. The molecule has 0 bridgehead atoms. The van der Waals surface area contributed by atoms with Crippen LogP contribution < -0.4 is 11.2 Å². The van der Waals surface area contributed by atoms with E-state index in [2.05, 4.69) is 15.3 Å². The second-order valence-corrected chi connectivity index (χ2v) is 11.3. The number of methoxy groups -OCH3 is 1. The molecule has 0 radical (unpaired) electrons. The van der Waals surface area contributed by atoms with E-state index in [4.69, 9.17) is 15.3 Å². The maximum Gasteiger partial charge on any atom is 0.424 e. The lowest BCUT2D eigenvalue weighted by molar-refractivity contribution is -0.0117. The number of anilines is 1. The van der Waals surface area contributed by atoms with Crippen molar-refractivity contribution in [1.29, 1.82) is 0 Å². The van der Waals surface area contributed by atoms with Crippen molar-refractivity contribution in [2.75, 3.05) is 25.6 Å². The van der Waals surface area contributed by atoms with Gasteiger partial charge < -0.3 is 14.8 Å². The van der Waals surface area contributed by atoms with Crippen LogP contribution in [0.25, 0.3) is 11.3 Å². The Morgan fingerprint density at radius 2 is 1.80 bits per heavy atom. The minimum absolute atomic E-state index is 0.00133. The Morgan fingerprint density at radius 3 is 2.45 bits per heavy atom. The Kier molecular flexibility index (Phi) is 9.16. The third kappa shape index (κ3) is 6.25. The number of carbonyl (C=O) groups is 2. The van der Waals surface area contributed by atoms with Crippen molar-refractivity contribution in [3.05, 3.63) is 77.0 Å². The van der Waals surface area contributed by atoms with Gasteiger partial charge in [0.15, 0.2) is 0 Å². The average Bonchev–Trinajstić information content (AvgIpc) is 3.01. The standard InChI is InChI=1S/C31H33F4N5O4/c1-17-13-18(3-6-26(17)40(36)30(42)43-2)20-7-10-37-16-25(20)39-29(41)24-5-4-21(32)28(38-24)27-22(33)14-19(15-23(27)34)31(35)8-11-44-12-9-31/h4-5,7,10,14-18,26H,3,6,8-9,11-13,36H2,1-2H3,(H,39,41)/t17-,18+,26?/m0/s1. The van der Waals surface area contributed by atoms with Crippen LogP contribution >= 0.6 is 0 Å². The largest absolute Gasteiger partial charge is 0.452 e. The number of aromatic nitrogens is 2. The molecule has 1 aliphatic carbocycles. The molecule has 5 rings (SSSR count). The van der Waals surface area contributed by atoms with E-state index in [9.17, 15) is 14.0 Å². The van der Waals surface area contributed by atoms with Gasteiger partial charge in [0, 0.05) is 32.3 Å². The van der Waals surface area contributed by atoms with Crippen molar-refractivity contribution in [3.63, 3.8) is 0 Å². The molecule has 1 saturated carbocycles. The molecule has 9 nitrogen and oxygen atoms in total. The highest BCUT2D eigenvalue weighted by Gasteiger charge is 2.37. The fourth-order valence-electron chi connectivity index (χ4n) is 6.15. The zero-order valence-corrected chi connectivity index (χ0v) is 24.3. The molecule has 2 aromatic heterocycles. The molecule has 0 spiro atoms. The van der Waals surface area contributed by atoms with Crippen LogP contribution in [-0.2, 0) is 15.1 Å². The number of nitrogens with zero attached hydrogens (tertiary/aromatic N) is 3. The van der Waals surface area contributed by atoms with Crippen LogP contribution in [0.2, 0.25) is 0 Å². The summed E-state index contributed by atoms with van der Waals surface area (Å²) in [5.74, 6) is 1.78. The molecule has 3 N–H and O–H groups in total. The van der Waals surface area contributed by atoms with Crippen molar-refractivity contribution in [1.82, 2.24) is 15.0 Å². The van der Waals surface area contributed by atoms with Crippen molar-refractivity contribution in [2.45, 2.75) is 56.7 Å². The number of nitrogens with one attached hydrogen (secondary N) is 1. The van der Waals surface area contributed by atoms with Gasteiger partial charge in [0.05, 0.1) is 30.6 Å². The number of alkyl halides is 1. The van der Waals surface area contributed by atoms with Crippen molar-refractivity contribution in [3.8, 4) is 11.3 Å². The van der Waals surface area contributed by atoms with E-state index in [1.165, 1.54) is 13.3 Å². The van der Waals surface area contributed by atoms with E-state index in [-0.39, 0.29) is 55.2 Å². The molecule has 1 aliphatic heterocycles. The lowest BCUT2D eigenvalue weighted by Gasteiger charge is -2.38. The molecular weight excluding hydrogens is 582 g/mol. The number of amides is 2. The van der Waals surface area contributed by atoms with E-state index >= 15 is 13.2 Å². The summed E-state index contributed by atoms with van der Waals surface area (Å²) >= 11 is 0. The van der Waals surface area contributed by atoms with Crippen LogP contribution in [0.15, 0.2) is 42.7 Å². The van der Waals surface area contributed by atoms with E-state index < -0.39 is 46.4 Å². The molecular formula is C31H33F4N5O4. The van der Waals surface area contributed by atoms with Crippen molar-refractivity contribution < 1.29 is 36.6 Å². The van der Waals surface area contributed by atoms with Gasteiger partial charge in [-0.3, -0.25) is 9.78 Å². The number of benzene rings is 1. The van der Waals surface area contributed by atoms with E-state index in [0.717, 1.165) is 34.8 Å². The number of nitrogens with two attached hydrogens (primary N) is 1. The van der Waals surface area contributed by atoms with Gasteiger partial charge in [-0.15, -0.1) is 0 Å². The molecule has 1 aromatic carbocycles. The van der Waals surface area contributed by atoms with Gasteiger partial charge in [0.2, 0.25) is 0 Å². The minimum Gasteiger partial charge on any atom is -0.452 e. The zero-order chi connectivity index (χ0) is 31.6. The highest BCUT2D eigenvalue weighted by molar-refractivity contribution is 6.03. The molecule has 13 heteroatoms. The Hall–Kier alpha value is -4.10. The fraction of sp³-hybridized carbons (Fsp3) is 0.419. The van der Waals surface area contributed by atoms with E-state index in [1.54, 1.807) is 12.3 Å². The third-order valence-electron chi connectivity index (χ3n) is 8.57. The van der Waals surface area contributed by atoms with Crippen LogP contribution in [0.1, 0.15) is 66.6 Å². The first-order valence-corrected chi connectivity index (χ1v) is 14.3. The number of hydrogen-bond donors (Lipinski definition) is 2. The van der Waals surface area contributed by atoms with Crippen molar-refractivity contribution in [2.24, 2.45) is 11.8 Å². The number of ether oxygens (including phenoxy) is 2. The summed E-state index contributed by atoms with van der Waals surface area (Å²) in [7, 11) is 1.26. The van der Waals surface area contributed by atoms with Crippen LogP contribution in [0.3, 0.4) is 0 Å². The Morgan fingerprint density at radius 1 is 1.09 bits per heavy atom. The molecule has 3 heterocycles. The highest BCUT2D eigenvalue weighted by Crippen LogP contribution is 2.41. The third-order valence-corrected chi connectivity index (χ3v) is 8.57. The molecule has 234 valence electrons. The Bertz CT molecular complexity index is 1530. The maximum atomic E-state index is 15.4. The first kappa shape index (κ1) is 31.3. The van der Waals surface area contributed by atoms with Gasteiger partial charge in [0.25, 0.3) is 5.91 Å². The molecule has 2 fully saturated rings. The van der Waals surface area contributed by atoms with Gasteiger partial charge in [-0.1, -0.05) is 6.92 Å². The molecule has 3 aromatic rings. The van der Waals surface area contributed by atoms with E-state index in [0.29, 0.717) is 24.9 Å². The predicted molar refractivity (Wildman–Crippen MR) is 153 cm³/mol. The molecule has 2 amide bonds. The first-order valence-electron chi connectivity index (χ1n) is 14.3. The smallest absolute Gasteiger partial charge is 0.424 e. The number of carbonyl (C=O) groups excluding carboxylic acids is 2. The second-order valence-electron chi connectivity index (χ2n) is 11.3. The Balaban J connectivity index is 1.37. The normalized spacial score (nSPS) is 21.4. The Labute approximate surface area is 251 Å². The van der Waals surface area contributed by atoms with Gasteiger partial charge in [0.1, 0.15) is 34.5 Å². The SMILES string of the molecule is COC(=O)N(N)C1CC[C@@H](c2ccncc2NC(=O)c2ccc(F)c(-c3c(F)cc(C4(F)CCOCC4)cc3F)n2)C[C@@H]1C. The highest BCUT2D eigenvalue weighted by atomic mass is 19.1. The van der Waals surface area contributed by atoms with Gasteiger partial charge in [-0.05, 0) is 72.6 Å². The maximum absolute atomic E-state index is 15.4. The number of halogens is 4. The topological polar surface area (TPSA) is 120 Å². The number of pyridine rings is 2. The quantitative estimate of drug-likeness (QED) is 0.151. The number of hydrazine groups is 1. The lowest BCUT2D eigenvalue weighted by Crippen LogP contribution is -2.50. The van der Waals surface area contributed by atoms with Crippen LogP contribution in [0.4, 0.5) is 28.0 Å². The molecule has 1 saturated heterocycles. The predicted octanol–water partition coefficient (Wildman–Crippen LogP) is 6.00. The number of hydrogen-bond acceptors (Lipinski definition) is 7. The lowest BCUT2D eigenvalue weighted by atomic mass is 9.75. The molecule has 3 atom stereocenters. The summed E-state index contributed by atoms with van der Waals surface area (Å²) < 4.78 is 70.6. The molecule has 44 heavy (non-hydrogen) atoms. The second kappa shape index (κ2) is 12.9. The number of rotatable bonds is 6. The van der Waals surface area contributed by atoms with Crippen molar-refractivity contribution >= 4 is 17.7 Å². The summed E-state index contributed by atoms with van der Waals surface area (Å²) in [6.07, 6.45) is 4.23. The van der Waals surface area contributed by atoms with Crippen LogP contribution in [0.5, 0.6) is 0 Å². The minimum atomic E-state index is -1.98. The summed E-state index contributed by atoms with van der Waals surface area (Å²) in [5.41, 5.74) is -2.80. The summed E-state index contributed by atoms with van der Waals surface area (Å²) in [6, 6.07) is 5.23. The van der Waals surface area contributed by atoms with Crippen LogP contribution in [0, 0.1) is 23.4 Å². The molecule has 2 aliphatic rings. The monoisotopic (exact) mass is 615 g/mol. The van der Waals surface area contributed by atoms with Gasteiger partial charge >= 0.3 is 6.09 Å². The average molecular weight is 616 g/mol. The van der Waals surface area contributed by atoms with E-state index in [1.807, 2.05) is 6.92 Å². The van der Waals surface area contributed by atoms with Gasteiger partial charge in [-0.2, -0.15) is 0 Å². The fourth-order valence-corrected chi connectivity index (χ4v) is 6.15. The zero-order valence-electron chi connectivity index (χ0n) is 24.3. The summed E-state index contributed by atoms with van der Waals surface area (Å²) in [6.45, 7) is 2.19. The van der Waals surface area contributed by atoms with Crippen LogP contribution in [-0.4, -0.2) is 53.3 Å². The summed E-state index contributed by atoms with van der Waals surface area (Å²) in [4.78, 5) is 33.3. The molecule has 1 unspecified atom stereocenters. The van der Waals surface area contributed by atoms with Gasteiger partial charge in [-0.25, -0.2) is 38.2 Å². The summed E-state index contributed by atoms with van der Waals surface area (Å²) in [5, 5.41) is 3.85.